The van der Waals surface area contributed by atoms with Crippen LogP contribution in [-0.2, 0) is 6.54 Å². The first kappa shape index (κ1) is 16.7. The highest BCUT2D eigenvalue weighted by atomic mass is 32.1. The maximum absolute atomic E-state index is 13.9. The van der Waals surface area contributed by atoms with Gasteiger partial charge in [-0.05, 0) is 54.9 Å². The van der Waals surface area contributed by atoms with Crippen molar-refractivity contribution in [1.82, 2.24) is 4.90 Å². The summed E-state index contributed by atoms with van der Waals surface area (Å²) in [6.07, 6.45) is 1.64. The standard InChI is InChI=1S/C18H17FN2OS2/c1-13(17-9-5-11-24-17)21(12-14-6-4-10-22-14)18(23)20-16-8-3-2-7-15(16)19/h2-11,13H,12H2,1H3,(H,20,23). The van der Waals surface area contributed by atoms with Gasteiger partial charge in [0.05, 0.1) is 24.5 Å². The summed E-state index contributed by atoms with van der Waals surface area (Å²) in [4.78, 5) is 3.17. The van der Waals surface area contributed by atoms with E-state index in [1.165, 1.54) is 10.9 Å². The summed E-state index contributed by atoms with van der Waals surface area (Å²) < 4.78 is 19.4. The SMILES string of the molecule is CC(c1cccs1)N(Cc1ccco1)C(=S)Nc1ccccc1F. The van der Waals surface area contributed by atoms with Crippen molar-refractivity contribution in [3.05, 3.63) is 76.6 Å². The summed E-state index contributed by atoms with van der Waals surface area (Å²) in [5, 5.41) is 5.50. The van der Waals surface area contributed by atoms with E-state index in [2.05, 4.69) is 18.3 Å². The number of nitrogens with zero attached hydrogens (tertiary/aromatic N) is 1. The second-order valence-electron chi connectivity index (χ2n) is 5.31. The van der Waals surface area contributed by atoms with E-state index >= 15 is 0 Å². The van der Waals surface area contributed by atoms with Crippen molar-refractivity contribution >= 4 is 34.4 Å². The van der Waals surface area contributed by atoms with E-state index in [1.807, 2.05) is 28.5 Å². The first-order valence-corrected chi connectivity index (χ1v) is 8.82. The van der Waals surface area contributed by atoms with Gasteiger partial charge in [0.25, 0.3) is 0 Å². The van der Waals surface area contributed by atoms with Crippen LogP contribution in [0.25, 0.3) is 0 Å². The van der Waals surface area contributed by atoms with E-state index in [-0.39, 0.29) is 11.9 Å². The Morgan fingerprint density at radius 2 is 2.08 bits per heavy atom. The molecule has 124 valence electrons. The van der Waals surface area contributed by atoms with Crippen LogP contribution < -0.4 is 5.32 Å². The van der Waals surface area contributed by atoms with Crippen molar-refractivity contribution in [3.63, 3.8) is 0 Å². The molecule has 0 saturated carbocycles. The largest absolute Gasteiger partial charge is 0.467 e. The number of rotatable bonds is 5. The summed E-state index contributed by atoms with van der Waals surface area (Å²) in [6.45, 7) is 2.58. The van der Waals surface area contributed by atoms with Gasteiger partial charge in [-0.1, -0.05) is 18.2 Å². The molecule has 2 aromatic heterocycles. The molecule has 24 heavy (non-hydrogen) atoms. The second kappa shape index (κ2) is 7.59. The maximum Gasteiger partial charge on any atom is 0.174 e. The second-order valence-corrected chi connectivity index (χ2v) is 6.67. The lowest BCUT2D eigenvalue weighted by molar-refractivity contribution is 0.306. The normalized spacial score (nSPS) is 11.9. The molecule has 0 spiro atoms. The Kier molecular flexibility index (Phi) is 5.27. The molecule has 6 heteroatoms. The van der Waals surface area contributed by atoms with Gasteiger partial charge < -0.3 is 14.6 Å². The quantitative estimate of drug-likeness (QED) is 0.613. The van der Waals surface area contributed by atoms with Crippen molar-refractivity contribution in [3.8, 4) is 0 Å². The summed E-state index contributed by atoms with van der Waals surface area (Å²) >= 11 is 7.22. The minimum Gasteiger partial charge on any atom is -0.467 e. The summed E-state index contributed by atoms with van der Waals surface area (Å²) in [5.74, 6) is 0.470. The summed E-state index contributed by atoms with van der Waals surface area (Å²) in [6, 6.07) is 14.4. The smallest absolute Gasteiger partial charge is 0.174 e. The molecule has 0 amide bonds. The van der Waals surface area contributed by atoms with Crippen LogP contribution in [0.4, 0.5) is 10.1 Å². The maximum atomic E-state index is 13.9. The molecule has 1 aromatic carbocycles. The van der Waals surface area contributed by atoms with Gasteiger partial charge in [0, 0.05) is 4.88 Å². The number of benzene rings is 1. The Bertz CT molecular complexity index is 787. The van der Waals surface area contributed by atoms with Crippen LogP contribution in [0.15, 0.2) is 64.6 Å². The van der Waals surface area contributed by atoms with E-state index in [0.29, 0.717) is 17.3 Å². The highest BCUT2D eigenvalue weighted by molar-refractivity contribution is 7.80. The fourth-order valence-electron chi connectivity index (χ4n) is 2.39. The minimum absolute atomic E-state index is 0.0434. The van der Waals surface area contributed by atoms with Gasteiger partial charge in [0.2, 0.25) is 0 Å². The van der Waals surface area contributed by atoms with Crippen LogP contribution in [-0.4, -0.2) is 10.0 Å². The molecule has 0 saturated heterocycles. The lowest BCUT2D eigenvalue weighted by atomic mass is 10.2. The Hall–Kier alpha value is -2.18. The average molecular weight is 360 g/mol. The van der Waals surface area contributed by atoms with Gasteiger partial charge in [-0.15, -0.1) is 11.3 Å². The minimum atomic E-state index is -0.332. The number of hydrogen-bond acceptors (Lipinski definition) is 3. The van der Waals surface area contributed by atoms with Gasteiger partial charge in [-0.3, -0.25) is 0 Å². The predicted octanol–water partition coefficient (Wildman–Crippen LogP) is 5.44. The third-order valence-electron chi connectivity index (χ3n) is 3.71. The molecule has 0 fully saturated rings. The third-order valence-corrected chi connectivity index (χ3v) is 5.08. The molecule has 0 aliphatic rings. The number of halogens is 1. The molecule has 1 atom stereocenters. The Morgan fingerprint density at radius 1 is 1.25 bits per heavy atom. The number of nitrogens with one attached hydrogen (secondary N) is 1. The average Bonchev–Trinajstić information content (AvgIpc) is 3.27. The first-order valence-electron chi connectivity index (χ1n) is 7.53. The van der Waals surface area contributed by atoms with Gasteiger partial charge in [0.1, 0.15) is 11.6 Å². The van der Waals surface area contributed by atoms with Crippen LogP contribution in [0.5, 0.6) is 0 Å². The fraction of sp³-hybridized carbons (Fsp3) is 0.167. The van der Waals surface area contributed by atoms with Crippen molar-refractivity contribution in [1.29, 1.82) is 0 Å². The van der Waals surface area contributed by atoms with Crippen LogP contribution in [0.2, 0.25) is 0 Å². The van der Waals surface area contributed by atoms with E-state index in [1.54, 1.807) is 35.8 Å². The third kappa shape index (κ3) is 3.83. The molecule has 1 N–H and O–H groups in total. The number of para-hydroxylation sites is 1. The number of thiophene rings is 1. The van der Waals surface area contributed by atoms with Crippen molar-refractivity contribution in [2.45, 2.75) is 19.5 Å². The van der Waals surface area contributed by atoms with E-state index < -0.39 is 0 Å². The van der Waals surface area contributed by atoms with Crippen molar-refractivity contribution in [2.75, 3.05) is 5.32 Å². The summed E-state index contributed by atoms with van der Waals surface area (Å²) in [5.41, 5.74) is 0.366. The number of thiocarbonyl (C=S) groups is 1. The van der Waals surface area contributed by atoms with Gasteiger partial charge in [0.15, 0.2) is 5.11 Å². The van der Waals surface area contributed by atoms with Crippen LogP contribution in [0, 0.1) is 5.82 Å². The van der Waals surface area contributed by atoms with Gasteiger partial charge in [-0.25, -0.2) is 4.39 Å². The zero-order chi connectivity index (χ0) is 16.9. The molecule has 3 nitrogen and oxygen atoms in total. The van der Waals surface area contributed by atoms with E-state index in [0.717, 1.165) is 5.76 Å². The summed E-state index contributed by atoms with van der Waals surface area (Å²) in [7, 11) is 0. The monoisotopic (exact) mass is 360 g/mol. The van der Waals surface area contributed by atoms with Crippen molar-refractivity contribution in [2.24, 2.45) is 0 Å². The van der Waals surface area contributed by atoms with Crippen LogP contribution >= 0.6 is 23.6 Å². The number of hydrogen-bond donors (Lipinski definition) is 1. The molecule has 3 aromatic rings. The predicted molar refractivity (Wildman–Crippen MR) is 99.6 cm³/mol. The molecule has 1 unspecified atom stereocenters. The highest BCUT2D eigenvalue weighted by Gasteiger charge is 2.21. The van der Waals surface area contributed by atoms with Crippen LogP contribution in [0.1, 0.15) is 23.6 Å². The van der Waals surface area contributed by atoms with E-state index in [4.69, 9.17) is 16.6 Å². The van der Waals surface area contributed by atoms with Crippen LogP contribution in [0.3, 0.4) is 0 Å². The van der Waals surface area contributed by atoms with Gasteiger partial charge in [-0.2, -0.15) is 0 Å². The molecule has 2 heterocycles. The molecule has 0 aliphatic carbocycles. The fourth-order valence-corrected chi connectivity index (χ4v) is 3.52. The lowest BCUT2D eigenvalue weighted by Gasteiger charge is -2.30. The van der Waals surface area contributed by atoms with Crippen molar-refractivity contribution < 1.29 is 8.81 Å². The molecular formula is C18H17FN2OS2. The molecule has 0 aliphatic heterocycles. The Labute approximate surface area is 149 Å². The van der Waals surface area contributed by atoms with E-state index in [9.17, 15) is 4.39 Å². The van der Waals surface area contributed by atoms with Gasteiger partial charge >= 0.3 is 0 Å². The first-order chi connectivity index (χ1) is 11.6. The number of furan rings is 1. The zero-order valence-electron chi connectivity index (χ0n) is 13.1. The molecule has 0 radical (unpaired) electrons. The molecule has 3 rings (SSSR count). The highest BCUT2D eigenvalue weighted by Crippen LogP contribution is 2.27. The molecular weight excluding hydrogens is 343 g/mol. The Morgan fingerprint density at radius 3 is 2.75 bits per heavy atom. The lowest BCUT2D eigenvalue weighted by Crippen LogP contribution is -2.36. The number of anilines is 1. The zero-order valence-corrected chi connectivity index (χ0v) is 14.7. The molecule has 0 bridgehead atoms. The Balaban J connectivity index is 1.83. The topological polar surface area (TPSA) is 28.4 Å².